The van der Waals surface area contributed by atoms with Crippen LogP contribution in [0, 0.1) is 0 Å². The molecule has 0 saturated heterocycles. The maximum atomic E-state index is 10.9. The lowest BCUT2D eigenvalue weighted by molar-refractivity contribution is -0.513. The molecular formula is C15H32O7. The van der Waals surface area contributed by atoms with E-state index in [2.05, 4.69) is 0 Å². The normalized spacial score (nSPS) is 16.5. The molecule has 0 bridgehead atoms. The molecule has 7 heteroatoms. The van der Waals surface area contributed by atoms with Gasteiger partial charge in [0.05, 0.1) is 0 Å². The van der Waals surface area contributed by atoms with Gasteiger partial charge in [0.2, 0.25) is 6.29 Å². The summed E-state index contributed by atoms with van der Waals surface area (Å²) < 4.78 is 26.8. The maximum absolute atomic E-state index is 10.9. The molecule has 0 spiro atoms. The number of hydrogen-bond donors (Lipinski definition) is 2. The van der Waals surface area contributed by atoms with Crippen LogP contribution in [0.15, 0.2) is 0 Å². The van der Waals surface area contributed by atoms with Crippen molar-refractivity contribution in [3.63, 3.8) is 0 Å². The molecule has 0 radical (unpaired) electrons. The van der Waals surface area contributed by atoms with E-state index in [1.54, 1.807) is 27.7 Å². The Bertz CT molecular complexity index is 269. The first-order valence-corrected chi connectivity index (χ1v) is 8.05. The predicted molar refractivity (Wildman–Crippen MR) is 81.1 cm³/mol. The van der Waals surface area contributed by atoms with Gasteiger partial charge in [-0.1, -0.05) is 13.3 Å². The summed E-state index contributed by atoms with van der Waals surface area (Å²) in [6, 6.07) is 0. The number of aliphatic hydroxyl groups is 2. The Kier molecular flexibility index (Phi) is 11.1. The van der Waals surface area contributed by atoms with Gasteiger partial charge in [0.25, 0.3) is 0 Å². The minimum atomic E-state index is -2.39. The average molecular weight is 324 g/mol. The number of rotatable bonds is 14. The SMILES string of the molecule is CCCCOC(OCC)C(O)(OCC)C(O)(OCC)OCC. The number of hydrogen-bond acceptors (Lipinski definition) is 7. The van der Waals surface area contributed by atoms with Gasteiger partial charge in [-0.3, -0.25) is 0 Å². The van der Waals surface area contributed by atoms with Crippen molar-refractivity contribution in [1.29, 1.82) is 0 Å². The third-order valence-corrected chi connectivity index (χ3v) is 2.90. The second-order valence-electron chi connectivity index (χ2n) is 4.59. The van der Waals surface area contributed by atoms with Crippen molar-refractivity contribution in [2.45, 2.75) is 65.5 Å². The van der Waals surface area contributed by atoms with E-state index in [1.165, 1.54) is 0 Å². The minimum absolute atomic E-state index is 0.111. The van der Waals surface area contributed by atoms with Crippen LogP contribution < -0.4 is 0 Å². The number of ether oxygens (including phenoxy) is 5. The fraction of sp³-hybridized carbons (Fsp3) is 1.00. The Morgan fingerprint density at radius 2 is 1.32 bits per heavy atom. The summed E-state index contributed by atoms with van der Waals surface area (Å²) in [6.07, 6.45) is 0.465. The fourth-order valence-electron chi connectivity index (χ4n) is 1.93. The quantitative estimate of drug-likeness (QED) is 0.371. The Balaban J connectivity index is 5.41. The smallest absolute Gasteiger partial charge is 0.343 e. The molecule has 7 nitrogen and oxygen atoms in total. The van der Waals surface area contributed by atoms with Gasteiger partial charge in [-0.15, -0.1) is 0 Å². The van der Waals surface area contributed by atoms with Gasteiger partial charge in [-0.05, 0) is 34.1 Å². The molecule has 0 amide bonds. The Morgan fingerprint density at radius 1 is 0.773 bits per heavy atom. The zero-order valence-electron chi connectivity index (χ0n) is 14.5. The fourth-order valence-corrected chi connectivity index (χ4v) is 1.93. The van der Waals surface area contributed by atoms with Gasteiger partial charge in [-0.2, -0.15) is 0 Å². The van der Waals surface area contributed by atoms with Crippen molar-refractivity contribution in [1.82, 2.24) is 0 Å². The summed E-state index contributed by atoms with van der Waals surface area (Å²) in [5.41, 5.74) is 0. The van der Waals surface area contributed by atoms with Crippen LogP contribution in [-0.2, 0) is 23.7 Å². The van der Waals surface area contributed by atoms with Crippen molar-refractivity contribution < 1.29 is 33.9 Å². The van der Waals surface area contributed by atoms with Gasteiger partial charge in [0.1, 0.15) is 0 Å². The van der Waals surface area contributed by atoms with E-state index in [0.29, 0.717) is 6.61 Å². The van der Waals surface area contributed by atoms with Crippen molar-refractivity contribution in [2.24, 2.45) is 0 Å². The van der Waals surface area contributed by atoms with E-state index in [-0.39, 0.29) is 26.4 Å². The lowest BCUT2D eigenvalue weighted by Crippen LogP contribution is -2.66. The Hall–Kier alpha value is -0.280. The first-order valence-electron chi connectivity index (χ1n) is 8.05. The van der Waals surface area contributed by atoms with Crippen LogP contribution in [-0.4, -0.2) is 61.3 Å². The first kappa shape index (κ1) is 21.7. The Morgan fingerprint density at radius 3 is 1.73 bits per heavy atom. The molecule has 22 heavy (non-hydrogen) atoms. The van der Waals surface area contributed by atoms with Crippen LogP contribution in [0.1, 0.15) is 47.5 Å². The summed E-state index contributed by atoms with van der Waals surface area (Å²) in [5.74, 6) is -4.70. The lowest BCUT2D eigenvalue weighted by Gasteiger charge is -2.44. The third-order valence-electron chi connectivity index (χ3n) is 2.90. The standard InChI is InChI=1S/C15H32O7/c1-6-11-12-19-13(18-7-2)14(16,20-8-3)15(17,21-9-4)22-10-5/h13,16-17H,6-12H2,1-5H3. The van der Waals surface area contributed by atoms with Crippen molar-refractivity contribution >= 4 is 0 Å². The molecule has 2 N–H and O–H groups in total. The number of unbranched alkanes of at least 4 members (excludes halogenated alkanes) is 1. The molecule has 0 saturated carbocycles. The van der Waals surface area contributed by atoms with E-state index in [4.69, 9.17) is 23.7 Å². The molecule has 2 atom stereocenters. The summed E-state index contributed by atoms with van der Waals surface area (Å²) in [5, 5.41) is 21.5. The van der Waals surface area contributed by atoms with Crippen LogP contribution in [0.4, 0.5) is 0 Å². The summed E-state index contributed by atoms with van der Waals surface area (Å²) in [4.78, 5) is 0. The Labute approximate surface area is 133 Å². The van der Waals surface area contributed by atoms with Gasteiger partial charge < -0.3 is 33.9 Å². The second kappa shape index (κ2) is 11.3. The highest BCUT2D eigenvalue weighted by atomic mass is 16.9. The highest BCUT2D eigenvalue weighted by Gasteiger charge is 2.60. The van der Waals surface area contributed by atoms with Crippen molar-refractivity contribution in [2.75, 3.05) is 33.0 Å². The van der Waals surface area contributed by atoms with Gasteiger partial charge >= 0.3 is 11.8 Å². The minimum Gasteiger partial charge on any atom is -0.355 e. The van der Waals surface area contributed by atoms with Crippen LogP contribution in [0.2, 0.25) is 0 Å². The molecule has 0 aromatic carbocycles. The van der Waals surface area contributed by atoms with E-state index in [1.807, 2.05) is 6.92 Å². The van der Waals surface area contributed by atoms with Gasteiger partial charge in [-0.25, -0.2) is 0 Å². The van der Waals surface area contributed by atoms with E-state index in [0.717, 1.165) is 12.8 Å². The maximum Gasteiger partial charge on any atom is 0.343 e. The lowest BCUT2D eigenvalue weighted by atomic mass is 10.2. The van der Waals surface area contributed by atoms with Crippen LogP contribution in [0.3, 0.4) is 0 Å². The summed E-state index contributed by atoms with van der Waals surface area (Å²) in [7, 11) is 0. The molecule has 0 aromatic heterocycles. The molecule has 0 aromatic rings. The second-order valence-corrected chi connectivity index (χ2v) is 4.59. The topological polar surface area (TPSA) is 86.6 Å². The molecule has 134 valence electrons. The highest BCUT2D eigenvalue weighted by molar-refractivity contribution is 4.83. The molecule has 2 unspecified atom stereocenters. The van der Waals surface area contributed by atoms with Crippen molar-refractivity contribution in [3.05, 3.63) is 0 Å². The largest absolute Gasteiger partial charge is 0.355 e. The molecule has 0 heterocycles. The monoisotopic (exact) mass is 324 g/mol. The third kappa shape index (κ3) is 5.73. The predicted octanol–water partition coefficient (Wildman–Crippen LogP) is 1.61. The molecule has 0 rings (SSSR count). The molecule has 0 aliphatic carbocycles. The molecular weight excluding hydrogens is 292 g/mol. The highest BCUT2D eigenvalue weighted by Crippen LogP contribution is 2.33. The molecule has 0 aliphatic heterocycles. The summed E-state index contributed by atoms with van der Waals surface area (Å²) >= 11 is 0. The van der Waals surface area contributed by atoms with E-state index < -0.39 is 18.1 Å². The van der Waals surface area contributed by atoms with Crippen molar-refractivity contribution in [3.8, 4) is 0 Å². The zero-order chi connectivity index (χ0) is 17.1. The zero-order valence-corrected chi connectivity index (χ0v) is 14.5. The van der Waals surface area contributed by atoms with Crippen LogP contribution >= 0.6 is 0 Å². The average Bonchev–Trinajstić information content (AvgIpc) is 2.47. The van der Waals surface area contributed by atoms with Crippen LogP contribution in [0.25, 0.3) is 0 Å². The van der Waals surface area contributed by atoms with Gasteiger partial charge in [0, 0.05) is 33.0 Å². The van der Waals surface area contributed by atoms with Crippen LogP contribution in [0.5, 0.6) is 0 Å². The van der Waals surface area contributed by atoms with E-state index >= 15 is 0 Å². The molecule has 0 fully saturated rings. The van der Waals surface area contributed by atoms with E-state index in [9.17, 15) is 10.2 Å². The van der Waals surface area contributed by atoms with Gasteiger partial charge in [0.15, 0.2) is 0 Å². The summed E-state index contributed by atoms with van der Waals surface area (Å²) in [6.45, 7) is 9.74. The first-order chi connectivity index (χ1) is 10.5. The molecule has 0 aliphatic rings.